The maximum atomic E-state index is 12.8. The zero-order valence-electron chi connectivity index (χ0n) is 20.1. The van der Waals surface area contributed by atoms with Gasteiger partial charge in [-0.2, -0.15) is 13.2 Å². The van der Waals surface area contributed by atoms with Crippen molar-refractivity contribution in [1.82, 2.24) is 4.90 Å². The Hall–Kier alpha value is -3.19. The Bertz CT molecular complexity index is 1160. The van der Waals surface area contributed by atoms with Crippen molar-refractivity contribution in [1.29, 1.82) is 0 Å². The first-order valence-corrected chi connectivity index (χ1v) is 11.5. The van der Waals surface area contributed by atoms with Crippen LogP contribution in [0.1, 0.15) is 63.2 Å². The lowest BCUT2D eigenvalue weighted by molar-refractivity contribution is -0.153. The number of fused-ring (bicyclic) bond motifs is 1. The third-order valence-electron chi connectivity index (χ3n) is 5.67. The minimum atomic E-state index is -4.60. The number of aromatic carboxylic acids is 1. The van der Waals surface area contributed by atoms with Gasteiger partial charge in [-0.25, -0.2) is 9.59 Å². The third-order valence-corrected chi connectivity index (χ3v) is 5.67. The molecule has 3 rings (SSSR count). The topological polar surface area (TPSA) is 76.1 Å². The van der Waals surface area contributed by atoms with Crippen molar-refractivity contribution in [2.24, 2.45) is 5.92 Å². The highest BCUT2D eigenvalue weighted by atomic mass is 19.4. The van der Waals surface area contributed by atoms with Crippen LogP contribution in [0.15, 0.2) is 30.0 Å². The van der Waals surface area contributed by atoms with Crippen molar-refractivity contribution in [3.8, 4) is 5.75 Å². The molecule has 2 aliphatic rings. The molecule has 0 spiro atoms. The Kier molecular flexibility index (Phi) is 8.00. The number of esters is 1. The van der Waals surface area contributed by atoms with Gasteiger partial charge in [-0.3, -0.25) is 0 Å². The number of carboxylic acid groups (broad SMARTS) is 1. The second kappa shape index (κ2) is 10.6. The zero-order chi connectivity index (χ0) is 25.8. The van der Waals surface area contributed by atoms with Gasteiger partial charge in [0.1, 0.15) is 16.9 Å². The molecule has 9 heteroatoms. The van der Waals surface area contributed by atoms with Crippen LogP contribution >= 0.6 is 0 Å². The van der Waals surface area contributed by atoms with Crippen LogP contribution in [0.4, 0.5) is 13.2 Å². The summed E-state index contributed by atoms with van der Waals surface area (Å²) in [5.41, 5.74) is 3.19. The Morgan fingerprint density at radius 2 is 1.94 bits per heavy atom. The van der Waals surface area contributed by atoms with Crippen LogP contribution in [-0.4, -0.2) is 46.9 Å². The number of carboxylic acids is 1. The predicted octanol–water partition coefficient (Wildman–Crippen LogP) is 4.12. The molecule has 1 aliphatic heterocycles. The number of nitrogens with zero attached hydrogens (tertiary/aromatic N) is 1. The quantitative estimate of drug-likeness (QED) is 0.365. The molecule has 1 heterocycles. The van der Waals surface area contributed by atoms with Gasteiger partial charge in [0.25, 0.3) is 0 Å². The van der Waals surface area contributed by atoms with Crippen molar-refractivity contribution >= 4 is 23.9 Å². The summed E-state index contributed by atoms with van der Waals surface area (Å²) >= 11 is 0. The summed E-state index contributed by atoms with van der Waals surface area (Å²) in [7, 11) is 0. The molecule has 0 bridgehead atoms. The molecule has 6 nitrogen and oxygen atoms in total. The SMILES string of the molecule is CC(C)(C)OC(=O)/C=C1/CCCC(CN2C=C=c3ccc(C(=O)O)c(OCC(F)(F)F)c3=C2)CC1. The fourth-order valence-electron chi connectivity index (χ4n) is 4.19. The molecule has 0 saturated heterocycles. The molecule has 1 aromatic rings. The zero-order valence-corrected chi connectivity index (χ0v) is 20.1. The highest BCUT2D eigenvalue weighted by Crippen LogP contribution is 2.28. The molecule has 1 unspecified atom stereocenters. The van der Waals surface area contributed by atoms with E-state index in [0.29, 0.717) is 11.8 Å². The van der Waals surface area contributed by atoms with E-state index < -0.39 is 24.4 Å². The Labute approximate surface area is 202 Å². The smallest absolute Gasteiger partial charge is 0.422 e. The summed E-state index contributed by atoms with van der Waals surface area (Å²) in [5.74, 6) is -1.75. The number of alkyl halides is 3. The van der Waals surface area contributed by atoms with Gasteiger partial charge in [-0.15, -0.1) is 0 Å². The lowest BCUT2D eigenvalue weighted by atomic mass is 9.99. The van der Waals surface area contributed by atoms with Gasteiger partial charge in [0.05, 0.1) is 0 Å². The average Bonchev–Trinajstić information content (AvgIpc) is 2.94. The van der Waals surface area contributed by atoms with E-state index in [-0.39, 0.29) is 28.4 Å². The molecule has 1 fully saturated rings. The standard InChI is InChI=1S/C26H30F3NO5/c1-25(2,3)35-22(31)13-17-5-4-6-18(8-7-17)14-30-12-11-19-9-10-20(24(32)33)23(21(19)15-30)34-16-26(27,28)29/h9-10,12-13,15,18H,4-8,14,16H2,1-3H3,(H,32,33)/b17-13-. The molecule has 35 heavy (non-hydrogen) atoms. The van der Waals surface area contributed by atoms with Crippen molar-refractivity contribution in [3.05, 3.63) is 46.0 Å². The minimum Gasteiger partial charge on any atom is -0.482 e. The monoisotopic (exact) mass is 493 g/mol. The number of benzene rings is 1. The molecule has 1 N–H and O–H groups in total. The molecule has 1 atom stereocenters. The first kappa shape index (κ1) is 26.4. The maximum absolute atomic E-state index is 12.8. The van der Waals surface area contributed by atoms with Gasteiger partial charge in [-0.05, 0) is 70.9 Å². The molecule has 0 aromatic heterocycles. The first-order chi connectivity index (χ1) is 16.3. The molecular weight excluding hydrogens is 463 g/mol. The summed E-state index contributed by atoms with van der Waals surface area (Å²) in [6.45, 7) is 4.47. The van der Waals surface area contributed by atoms with E-state index >= 15 is 0 Å². The van der Waals surface area contributed by atoms with Crippen LogP contribution in [-0.2, 0) is 9.53 Å². The van der Waals surface area contributed by atoms with Crippen LogP contribution in [0.2, 0.25) is 0 Å². The Balaban J connectivity index is 1.76. The van der Waals surface area contributed by atoms with Gasteiger partial charge in [0, 0.05) is 35.5 Å². The third kappa shape index (κ3) is 7.92. The van der Waals surface area contributed by atoms with Crippen molar-refractivity contribution in [2.75, 3.05) is 13.2 Å². The van der Waals surface area contributed by atoms with E-state index in [4.69, 9.17) is 9.47 Å². The highest BCUT2D eigenvalue weighted by Gasteiger charge is 2.30. The number of rotatable bonds is 6. The van der Waals surface area contributed by atoms with E-state index in [0.717, 1.165) is 37.7 Å². The summed E-state index contributed by atoms with van der Waals surface area (Å²) in [5, 5.41) is 10.2. The molecule has 1 aliphatic carbocycles. The lowest BCUT2D eigenvalue weighted by Crippen LogP contribution is -2.35. The fraction of sp³-hybridized carbons (Fsp3) is 0.500. The Morgan fingerprint density at radius 3 is 2.60 bits per heavy atom. The molecule has 0 radical (unpaired) electrons. The minimum absolute atomic E-state index is 0.260. The van der Waals surface area contributed by atoms with E-state index in [1.54, 1.807) is 18.5 Å². The lowest BCUT2D eigenvalue weighted by Gasteiger charge is -2.23. The van der Waals surface area contributed by atoms with Gasteiger partial charge in [0.15, 0.2) is 6.61 Å². The van der Waals surface area contributed by atoms with E-state index in [9.17, 15) is 27.9 Å². The normalized spacial score (nSPS) is 19.3. The van der Waals surface area contributed by atoms with Crippen LogP contribution in [0, 0.1) is 5.92 Å². The largest absolute Gasteiger partial charge is 0.482 e. The Morgan fingerprint density at radius 1 is 1.20 bits per heavy atom. The molecule has 1 aromatic carbocycles. The fourth-order valence-corrected chi connectivity index (χ4v) is 4.19. The van der Waals surface area contributed by atoms with E-state index in [2.05, 4.69) is 5.73 Å². The number of hydrogen-bond donors (Lipinski definition) is 1. The predicted molar refractivity (Wildman–Crippen MR) is 124 cm³/mol. The number of halogens is 3. The number of carbonyl (C=O) groups is 2. The van der Waals surface area contributed by atoms with Gasteiger partial charge in [0.2, 0.25) is 0 Å². The molecular formula is C26H30F3NO5. The van der Waals surface area contributed by atoms with Crippen LogP contribution < -0.4 is 15.2 Å². The van der Waals surface area contributed by atoms with Gasteiger partial charge in [-0.1, -0.05) is 11.3 Å². The summed E-state index contributed by atoms with van der Waals surface area (Å²) in [6, 6.07) is 2.73. The van der Waals surface area contributed by atoms with Crippen LogP contribution in [0.5, 0.6) is 5.75 Å². The van der Waals surface area contributed by atoms with Crippen molar-refractivity contribution < 1.29 is 37.3 Å². The second-order valence-corrected chi connectivity index (χ2v) is 9.84. The summed E-state index contributed by atoms with van der Waals surface area (Å²) < 4.78 is 48.6. The molecule has 1 saturated carbocycles. The number of carbonyl (C=O) groups excluding carboxylic acids is 1. The summed E-state index contributed by atoms with van der Waals surface area (Å²) in [6.07, 6.45) is 4.53. The summed E-state index contributed by atoms with van der Waals surface area (Å²) in [4.78, 5) is 25.5. The van der Waals surface area contributed by atoms with Crippen molar-refractivity contribution in [3.63, 3.8) is 0 Å². The highest BCUT2D eigenvalue weighted by molar-refractivity contribution is 5.91. The number of allylic oxidation sites excluding steroid dienone is 1. The molecule has 190 valence electrons. The molecule has 0 amide bonds. The number of ether oxygens (including phenoxy) is 2. The van der Waals surface area contributed by atoms with E-state index in [1.807, 2.05) is 25.7 Å². The van der Waals surface area contributed by atoms with Gasteiger partial charge >= 0.3 is 18.1 Å². The second-order valence-electron chi connectivity index (χ2n) is 9.84. The van der Waals surface area contributed by atoms with Crippen LogP contribution in [0.25, 0.3) is 11.9 Å². The maximum Gasteiger partial charge on any atom is 0.422 e. The first-order valence-electron chi connectivity index (χ1n) is 11.5. The number of hydrogen-bond acceptors (Lipinski definition) is 5. The van der Waals surface area contributed by atoms with E-state index in [1.165, 1.54) is 12.1 Å². The van der Waals surface area contributed by atoms with Crippen molar-refractivity contribution in [2.45, 2.75) is 64.7 Å². The average molecular weight is 494 g/mol. The van der Waals surface area contributed by atoms with Gasteiger partial charge < -0.3 is 19.5 Å². The van der Waals surface area contributed by atoms with Crippen LogP contribution in [0.3, 0.4) is 0 Å².